The summed E-state index contributed by atoms with van der Waals surface area (Å²) in [5, 5.41) is 13.4. The summed E-state index contributed by atoms with van der Waals surface area (Å²) in [5.41, 5.74) is 0. The maximum absolute atomic E-state index is 4.22. The maximum atomic E-state index is 4.22. The third kappa shape index (κ3) is 2.11. The summed E-state index contributed by atoms with van der Waals surface area (Å²) in [6.45, 7) is 4.32. The second-order valence-electron chi connectivity index (χ2n) is 4.58. The Hall–Kier alpha value is -0.550. The van der Waals surface area contributed by atoms with Crippen LogP contribution in [0, 0.1) is 12.8 Å². The number of rotatable bonds is 3. The highest BCUT2D eigenvalue weighted by atomic mass is 32.2. The summed E-state index contributed by atoms with van der Waals surface area (Å²) < 4.78 is 2.07. The number of nitrogens with one attached hydrogen (secondary N) is 1. The third-order valence-corrected chi connectivity index (χ3v) is 5.20. The van der Waals surface area contributed by atoms with Gasteiger partial charge in [0.2, 0.25) is 0 Å². The van der Waals surface area contributed by atoms with E-state index in [9.17, 15) is 0 Å². The first-order valence-corrected chi connectivity index (χ1v) is 6.71. The summed E-state index contributed by atoms with van der Waals surface area (Å²) in [6.07, 6.45) is 2.54. The molecule has 2 rings (SSSR count). The van der Waals surface area contributed by atoms with Crippen molar-refractivity contribution < 1.29 is 0 Å². The fourth-order valence-corrected chi connectivity index (χ4v) is 3.64. The number of hydrogen-bond donors (Lipinski definition) is 1. The average Bonchev–Trinajstić information content (AvgIpc) is 2.77. The molecule has 1 heterocycles. The molecule has 0 aromatic carbocycles. The highest BCUT2D eigenvalue weighted by molar-refractivity contribution is 7.99. The highest BCUT2D eigenvalue weighted by Crippen LogP contribution is 2.38. The summed E-state index contributed by atoms with van der Waals surface area (Å²) >= 11 is 1.88. The van der Waals surface area contributed by atoms with Gasteiger partial charge in [-0.3, -0.25) is 0 Å². The van der Waals surface area contributed by atoms with Crippen LogP contribution < -0.4 is 5.32 Å². The zero-order valence-corrected chi connectivity index (χ0v) is 11.2. The van der Waals surface area contributed by atoms with E-state index in [1.54, 1.807) is 0 Å². The van der Waals surface area contributed by atoms with Crippen molar-refractivity contribution in [3.8, 4) is 0 Å². The third-order valence-electron chi connectivity index (χ3n) is 3.66. The molecule has 1 aromatic heterocycles. The molecule has 0 aliphatic heterocycles. The van der Waals surface area contributed by atoms with E-state index in [-0.39, 0.29) is 0 Å². The van der Waals surface area contributed by atoms with Crippen molar-refractivity contribution in [3.63, 3.8) is 0 Å². The minimum absolute atomic E-state index is 0.659. The van der Waals surface area contributed by atoms with E-state index in [4.69, 9.17) is 0 Å². The fourth-order valence-electron chi connectivity index (χ4n) is 2.33. The van der Waals surface area contributed by atoms with Crippen molar-refractivity contribution in [3.05, 3.63) is 5.82 Å². The molecule has 90 valence electrons. The molecular weight excluding hydrogens is 220 g/mol. The van der Waals surface area contributed by atoms with Gasteiger partial charge in [0.1, 0.15) is 5.82 Å². The second kappa shape index (κ2) is 4.75. The molecule has 16 heavy (non-hydrogen) atoms. The minimum Gasteiger partial charge on any atom is -0.317 e. The minimum atomic E-state index is 0.659. The number of hydrogen-bond acceptors (Lipinski definition) is 4. The molecule has 1 saturated carbocycles. The van der Waals surface area contributed by atoms with Crippen LogP contribution in [0.5, 0.6) is 0 Å². The van der Waals surface area contributed by atoms with E-state index in [0.29, 0.717) is 17.2 Å². The van der Waals surface area contributed by atoms with Crippen LogP contribution in [0.2, 0.25) is 0 Å². The molecule has 1 fully saturated rings. The van der Waals surface area contributed by atoms with Crippen LogP contribution in [0.15, 0.2) is 5.16 Å². The molecule has 1 N–H and O–H groups in total. The lowest BCUT2D eigenvalue weighted by molar-refractivity contribution is 0.463. The van der Waals surface area contributed by atoms with E-state index in [1.165, 1.54) is 12.8 Å². The van der Waals surface area contributed by atoms with Gasteiger partial charge in [0.15, 0.2) is 5.16 Å². The number of nitrogens with zero attached hydrogens (tertiary/aromatic N) is 3. The Kier molecular flexibility index (Phi) is 3.54. The van der Waals surface area contributed by atoms with Gasteiger partial charge in [-0.25, -0.2) is 0 Å². The topological polar surface area (TPSA) is 42.7 Å². The van der Waals surface area contributed by atoms with Gasteiger partial charge in [0.25, 0.3) is 0 Å². The summed E-state index contributed by atoms with van der Waals surface area (Å²) in [4.78, 5) is 0. The Morgan fingerprint density at radius 2 is 2.12 bits per heavy atom. The molecule has 0 spiro atoms. The van der Waals surface area contributed by atoms with Gasteiger partial charge in [-0.05, 0) is 32.7 Å². The van der Waals surface area contributed by atoms with Crippen molar-refractivity contribution in [2.24, 2.45) is 13.0 Å². The molecule has 5 heteroatoms. The Balaban J connectivity index is 2.03. The molecular formula is C11H20N4S. The van der Waals surface area contributed by atoms with Crippen LogP contribution in [0.1, 0.15) is 25.6 Å². The first-order chi connectivity index (χ1) is 7.63. The summed E-state index contributed by atoms with van der Waals surface area (Å²) in [5.74, 6) is 1.69. The first-order valence-electron chi connectivity index (χ1n) is 5.83. The fraction of sp³-hybridized carbons (Fsp3) is 0.818. The standard InChI is InChI=1S/C11H20N4S/c1-7-9(12-3)5-6-10(7)16-11-14-13-8(2)15(11)4/h7,9-10,12H,5-6H2,1-4H3. The maximum Gasteiger partial charge on any atom is 0.191 e. The average molecular weight is 240 g/mol. The monoisotopic (exact) mass is 240 g/mol. The van der Waals surface area contributed by atoms with Gasteiger partial charge < -0.3 is 9.88 Å². The molecule has 0 radical (unpaired) electrons. The molecule has 0 amide bonds. The van der Waals surface area contributed by atoms with Crippen molar-refractivity contribution in [2.75, 3.05) is 7.05 Å². The number of thioether (sulfide) groups is 1. The van der Waals surface area contributed by atoms with Crippen LogP contribution in [-0.4, -0.2) is 33.1 Å². The van der Waals surface area contributed by atoms with Crippen LogP contribution in [0.25, 0.3) is 0 Å². The van der Waals surface area contributed by atoms with Gasteiger partial charge >= 0.3 is 0 Å². The van der Waals surface area contributed by atoms with Gasteiger partial charge in [-0.2, -0.15) is 0 Å². The predicted molar refractivity (Wildman–Crippen MR) is 66.6 cm³/mol. The molecule has 3 atom stereocenters. The van der Waals surface area contributed by atoms with Crippen LogP contribution >= 0.6 is 11.8 Å². The lowest BCUT2D eigenvalue weighted by atomic mass is 10.1. The Morgan fingerprint density at radius 1 is 1.38 bits per heavy atom. The molecule has 1 aliphatic rings. The largest absolute Gasteiger partial charge is 0.317 e. The van der Waals surface area contributed by atoms with E-state index in [0.717, 1.165) is 11.0 Å². The van der Waals surface area contributed by atoms with Gasteiger partial charge in [-0.1, -0.05) is 18.7 Å². The van der Waals surface area contributed by atoms with Crippen LogP contribution in [-0.2, 0) is 7.05 Å². The van der Waals surface area contributed by atoms with Crippen LogP contribution in [0.4, 0.5) is 0 Å². The molecule has 1 aromatic rings. The van der Waals surface area contributed by atoms with Gasteiger partial charge in [-0.15, -0.1) is 10.2 Å². The first kappa shape index (κ1) is 11.9. The predicted octanol–water partition coefficient (Wildman–Crippen LogP) is 1.60. The SMILES string of the molecule is CNC1CCC(Sc2nnc(C)n2C)C1C. The second-order valence-corrected chi connectivity index (χ2v) is 5.78. The molecule has 4 nitrogen and oxygen atoms in total. The zero-order chi connectivity index (χ0) is 11.7. The molecule has 0 bridgehead atoms. The van der Waals surface area contributed by atoms with Gasteiger partial charge in [0.05, 0.1) is 0 Å². The Bertz CT molecular complexity index is 363. The highest BCUT2D eigenvalue weighted by Gasteiger charge is 2.33. The quantitative estimate of drug-likeness (QED) is 0.871. The zero-order valence-electron chi connectivity index (χ0n) is 10.4. The van der Waals surface area contributed by atoms with E-state index >= 15 is 0 Å². The van der Waals surface area contributed by atoms with Crippen molar-refractivity contribution in [2.45, 2.75) is 43.1 Å². The van der Waals surface area contributed by atoms with Crippen molar-refractivity contribution in [1.82, 2.24) is 20.1 Å². The normalized spacial score (nSPS) is 29.9. The summed E-state index contributed by atoms with van der Waals surface area (Å²) in [6, 6.07) is 0.659. The Labute approximate surface area is 101 Å². The Morgan fingerprint density at radius 3 is 2.62 bits per heavy atom. The molecule has 0 saturated heterocycles. The lowest BCUT2D eigenvalue weighted by Gasteiger charge is -2.19. The van der Waals surface area contributed by atoms with Crippen molar-refractivity contribution in [1.29, 1.82) is 0 Å². The summed E-state index contributed by atoms with van der Waals surface area (Å²) in [7, 11) is 4.09. The lowest BCUT2D eigenvalue weighted by Crippen LogP contribution is -2.30. The number of aromatic nitrogens is 3. The van der Waals surface area contributed by atoms with E-state index in [2.05, 4.69) is 34.1 Å². The van der Waals surface area contributed by atoms with Crippen molar-refractivity contribution >= 4 is 11.8 Å². The van der Waals surface area contributed by atoms with E-state index < -0.39 is 0 Å². The van der Waals surface area contributed by atoms with Gasteiger partial charge in [0, 0.05) is 18.3 Å². The van der Waals surface area contributed by atoms with Crippen LogP contribution in [0.3, 0.4) is 0 Å². The van der Waals surface area contributed by atoms with E-state index in [1.807, 2.05) is 25.7 Å². The molecule has 3 unspecified atom stereocenters. The smallest absolute Gasteiger partial charge is 0.191 e. The molecule has 1 aliphatic carbocycles. The number of aryl methyl sites for hydroxylation is 1.